The summed E-state index contributed by atoms with van der Waals surface area (Å²) in [5, 5.41) is 9.65. The monoisotopic (exact) mass is 506 g/mol. The number of hydrogen-bond acceptors (Lipinski definition) is 4. The first-order valence-corrected chi connectivity index (χ1v) is 9.90. The maximum absolute atomic E-state index is 13.8. The van der Waals surface area contributed by atoms with Crippen LogP contribution in [0.2, 0.25) is 0 Å². The Labute approximate surface area is 181 Å². The predicted molar refractivity (Wildman–Crippen MR) is 121 cm³/mol. The minimum Gasteiger partial charge on any atom is -0.486 e. The van der Waals surface area contributed by atoms with Gasteiger partial charge in [0.1, 0.15) is 6.10 Å². The number of rotatable bonds is 9. The number of hydrogen-bond donors (Lipinski definition) is 2. The second-order valence-corrected chi connectivity index (χ2v) is 6.68. The molecule has 2 aromatic rings. The van der Waals surface area contributed by atoms with E-state index in [9.17, 15) is 4.39 Å². The number of thiazole rings is 1. The molecule has 1 atom stereocenters. The van der Waals surface area contributed by atoms with Gasteiger partial charge < -0.3 is 15.4 Å². The lowest BCUT2D eigenvalue weighted by molar-refractivity contribution is 0.191. The molecule has 0 saturated heterocycles. The van der Waals surface area contributed by atoms with Crippen LogP contribution < -0.4 is 15.4 Å². The summed E-state index contributed by atoms with van der Waals surface area (Å²) in [4.78, 5) is 9.10. The molecule has 2 rings (SSSR count). The number of nitrogens with one attached hydrogen (secondary N) is 2. The molecule has 0 spiro atoms. The van der Waals surface area contributed by atoms with Crippen LogP contribution in [0.15, 0.2) is 34.6 Å². The van der Waals surface area contributed by atoms with Gasteiger partial charge in [0.15, 0.2) is 17.5 Å². The van der Waals surface area contributed by atoms with Gasteiger partial charge in [0.05, 0.1) is 23.8 Å². The van der Waals surface area contributed by atoms with Crippen molar-refractivity contribution in [2.75, 3.05) is 13.1 Å². The van der Waals surface area contributed by atoms with Crippen LogP contribution >= 0.6 is 35.3 Å². The maximum atomic E-state index is 13.8. The molecule has 0 fully saturated rings. The molecule has 0 amide bonds. The Morgan fingerprint density at radius 2 is 2.04 bits per heavy atom. The van der Waals surface area contributed by atoms with Gasteiger partial charge in [-0.15, -0.1) is 35.3 Å². The molecule has 2 N–H and O–H groups in total. The molecular formula is C19H28FIN4OS. The smallest absolute Gasteiger partial charge is 0.191 e. The van der Waals surface area contributed by atoms with Crippen LogP contribution in [-0.4, -0.2) is 30.1 Å². The van der Waals surface area contributed by atoms with Gasteiger partial charge >= 0.3 is 0 Å². The van der Waals surface area contributed by atoms with Crippen molar-refractivity contribution < 1.29 is 9.13 Å². The molecule has 0 bridgehead atoms. The molecule has 150 valence electrons. The molecule has 1 unspecified atom stereocenters. The Hall–Kier alpha value is -1.42. The fourth-order valence-corrected chi connectivity index (χ4v) is 3.02. The average Bonchev–Trinajstić information content (AvgIpc) is 3.12. The zero-order chi connectivity index (χ0) is 18.8. The molecule has 1 aromatic heterocycles. The summed E-state index contributed by atoms with van der Waals surface area (Å²) in [7, 11) is 0. The van der Waals surface area contributed by atoms with Crippen molar-refractivity contribution in [3.63, 3.8) is 0 Å². The highest BCUT2D eigenvalue weighted by atomic mass is 127. The molecule has 0 aliphatic rings. The minimum absolute atomic E-state index is 0. The Morgan fingerprint density at radius 3 is 2.67 bits per heavy atom. The quantitative estimate of drug-likeness (QED) is 0.301. The van der Waals surface area contributed by atoms with Gasteiger partial charge in [-0.25, -0.2) is 14.4 Å². The fraction of sp³-hybridized carbons (Fsp3) is 0.474. The molecule has 0 aliphatic heterocycles. The van der Waals surface area contributed by atoms with Crippen LogP contribution in [-0.2, 0) is 13.0 Å². The predicted octanol–water partition coefficient (Wildman–Crippen LogP) is 4.38. The summed E-state index contributed by atoms with van der Waals surface area (Å²) in [6.45, 7) is 7.94. The number of nitrogens with zero attached hydrogens (tertiary/aromatic N) is 2. The first-order chi connectivity index (χ1) is 12.7. The van der Waals surface area contributed by atoms with Gasteiger partial charge in [-0.1, -0.05) is 26.0 Å². The van der Waals surface area contributed by atoms with Crippen LogP contribution in [0.5, 0.6) is 5.75 Å². The number of benzene rings is 1. The van der Waals surface area contributed by atoms with Crippen molar-refractivity contribution in [3.8, 4) is 5.75 Å². The number of ether oxygens (including phenoxy) is 1. The first kappa shape index (κ1) is 23.6. The van der Waals surface area contributed by atoms with E-state index in [1.807, 2.05) is 19.2 Å². The number of aliphatic imine (C=N–C) groups is 1. The maximum Gasteiger partial charge on any atom is 0.191 e. The molecule has 1 heterocycles. The normalized spacial score (nSPS) is 12.2. The highest BCUT2D eigenvalue weighted by molar-refractivity contribution is 14.0. The number of aryl methyl sites for hydroxylation is 1. The molecular weight excluding hydrogens is 478 g/mol. The van der Waals surface area contributed by atoms with Crippen molar-refractivity contribution >= 4 is 41.3 Å². The SMILES string of the molecule is CCNC(=NCc1csc(CC)n1)NCC(CC)Oc1ccccc1F.I. The second kappa shape index (κ2) is 12.9. The Bertz CT molecular complexity index is 711. The topological polar surface area (TPSA) is 58.5 Å². The van der Waals surface area contributed by atoms with Crippen LogP contribution in [0.3, 0.4) is 0 Å². The van der Waals surface area contributed by atoms with E-state index >= 15 is 0 Å². The highest BCUT2D eigenvalue weighted by Gasteiger charge is 2.12. The van der Waals surface area contributed by atoms with Crippen LogP contribution in [0.25, 0.3) is 0 Å². The fourth-order valence-electron chi connectivity index (χ4n) is 2.29. The number of aromatic nitrogens is 1. The lowest BCUT2D eigenvalue weighted by atomic mass is 10.2. The van der Waals surface area contributed by atoms with E-state index in [1.165, 1.54) is 6.07 Å². The van der Waals surface area contributed by atoms with Gasteiger partial charge in [0.25, 0.3) is 0 Å². The van der Waals surface area contributed by atoms with Gasteiger partial charge in [-0.2, -0.15) is 0 Å². The molecule has 8 heteroatoms. The van der Waals surface area contributed by atoms with E-state index in [2.05, 4.69) is 27.5 Å². The van der Waals surface area contributed by atoms with Gasteiger partial charge in [0, 0.05) is 11.9 Å². The van der Waals surface area contributed by atoms with Crippen molar-refractivity contribution in [3.05, 3.63) is 46.2 Å². The number of para-hydroxylation sites is 1. The molecule has 0 saturated carbocycles. The second-order valence-electron chi connectivity index (χ2n) is 5.74. The summed E-state index contributed by atoms with van der Waals surface area (Å²) < 4.78 is 19.5. The summed E-state index contributed by atoms with van der Waals surface area (Å²) in [6.07, 6.45) is 1.55. The number of guanidine groups is 1. The zero-order valence-corrected chi connectivity index (χ0v) is 19.1. The lowest BCUT2D eigenvalue weighted by Crippen LogP contribution is -2.42. The van der Waals surface area contributed by atoms with Gasteiger partial charge in [-0.3, -0.25) is 0 Å². The van der Waals surface area contributed by atoms with Gasteiger partial charge in [0.2, 0.25) is 0 Å². The Morgan fingerprint density at radius 1 is 1.26 bits per heavy atom. The third-order valence-corrected chi connectivity index (χ3v) is 4.77. The van der Waals surface area contributed by atoms with E-state index in [0.29, 0.717) is 19.0 Å². The standard InChI is InChI=1S/C19H27FN4OS.HI/c1-4-15(25-17-10-8-7-9-16(17)20)12-23-19(21-6-3)22-11-14-13-26-18(5-2)24-14;/h7-10,13,15H,4-6,11-12H2,1-3H3,(H2,21,22,23);1H. The molecule has 27 heavy (non-hydrogen) atoms. The highest BCUT2D eigenvalue weighted by Crippen LogP contribution is 2.17. The van der Waals surface area contributed by atoms with E-state index < -0.39 is 0 Å². The van der Waals surface area contributed by atoms with Crippen molar-refractivity contribution in [2.24, 2.45) is 4.99 Å². The van der Waals surface area contributed by atoms with Crippen LogP contribution in [0.4, 0.5) is 4.39 Å². The summed E-state index contributed by atoms with van der Waals surface area (Å²) >= 11 is 1.66. The summed E-state index contributed by atoms with van der Waals surface area (Å²) in [5.74, 6) is 0.633. The third-order valence-electron chi connectivity index (χ3n) is 3.73. The average molecular weight is 506 g/mol. The summed E-state index contributed by atoms with van der Waals surface area (Å²) in [6, 6.07) is 6.46. The molecule has 0 aliphatic carbocycles. The third kappa shape index (κ3) is 8.00. The van der Waals surface area contributed by atoms with Gasteiger partial charge in [-0.05, 0) is 31.9 Å². The first-order valence-electron chi connectivity index (χ1n) is 9.02. The molecule has 5 nitrogen and oxygen atoms in total. The van der Waals surface area contributed by atoms with E-state index in [-0.39, 0.29) is 41.6 Å². The van der Waals surface area contributed by atoms with E-state index in [1.54, 1.807) is 29.5 Å². The number of halogens is 2. The van der Waals surface area contributed by atoms with Crippen LogP contribution in [0.1, 0.15) is 37.9 Å². The zero-order valence-electron chi connectivity index (χ0n) is 16.0. The lowest BCUT2D eigenvalue weighted by Gasteiger charge is -2.20. The Balaban J connectivity index is 0.00000364. The Kier molecular flexibility index (Phi) is 11.3. The molecule has 1 aromatic carbocycles. The minimum atomic E-state index is -0.346. The van der Waals surface area contributed by atoms with Crippen LogP contribution in [0, 0.1) is 5.82 Å². The molecule has 0 radical (unpaired) electrons. The van der Waals surface area contributed by atoms with Crippen molar-refractivity contribution in [1.82, 2.24) is 15.6 Å². The van der Waals surface area contributed by atoms with Crippen molar-refractivity contribution in [1.29, 1.82) is 0 Å². The van der Waals surface area contributed by atoms with E-state index in [4.69, 9.17) is 4.74 Å². The van der Waals surface area contributed by atoms with E-state index in [0.717, 1.165) is 30.1 Å². The largest absolute Gasteiger partial charge is 0.486 e. The van der Waals surface area contributed by atoms with Crippen molar-refractivity contribution in [2.45, 2.75) is 46.3 Å². The summed E-state index contributed by atoms with van der Waals surface area (Å²) in [5.41, 5.74) is 0.971.